The van der Waals surface area contributed by atoms with Crippen molar-refractivity contribution in [2.75, 3.05) is 33.5 Å². The van der Waals surface area contributed by atoms with Gasteiger partial charge in [0, 0.05) is 24.3 Å². The van der Waals surface area contributed by atoms with Crippen molar-refractivity contribution in [1.82, 2.24) is 9.97 Å². The van der Waals surface area contributed by atoms with E-state index >= 15 is 4.39 Å². The van der Waals surface area contributed by atoms with Gasteiger partial charge in [-0.15, -0.1) is 0 Å². The van der Waals surface area contributed by atoms with Crippen LogP contribution in [0.1, 0.15) is 24.2 Å². The van der Waals surface area contributed by atoms with Crippen molar-refractivity contribution in [2.45, 2.75) is 19.4 Å². The first kappa shape index (κ1) is 24.8. The van der Waals surface area contributed by atoms with Gasteiger partial charge in [-0.3, -0.25) is 0 Å². The zero-order chi connectivity index (χ0) is 23.8. The van der Waals surface area contributed by atoms with Gasteiger partial charge in [0.15, 0.2) is 17.7 Å². The monoisotopic (exact) mass is 478 g/mol. The van der Waals surface area contributed by atoms with E-state index in [2.05, 4.69) is 9.97 Å². The molecule has 0 amide bonds. The SMILES string of the molecule is CCOCCOCCc1c(C(OC)C(=O)O)ccc(Oc2cnc3cc(Cl)ccc3n2)c1F. The Morgan fingerprint density at radius 3 is 2.67 bits per heavy atom. The lowest BCUT2D eigenvalue weighted by Crippen LogP contribution is -2.18. The Labute approximate surface area is 195 Å². The van der Waals surface area contributed by atoms with E-state index < -0.39 is 17.9 Å². The number of carboxylic acid groups (broad SMARTS) is 1. The van der Waals surface area contributed by atoms with Gasteiger partial charge in [0.25, 0.3) is 0 Å². The fraction of sp³-hybridized carbons (Fsp3) is 0.348. The summed E-state index contributed by atoms with van der Waals surface area (Å²) in [4.78, 5) is 20.2. The maximum absolute atomic E-state index is 15.5. The van der Waals surface area contributed by atoms with E-state index in [-0.39, 0.29) is 35.8 Å². The van der Waals surface area contributed by atoms with Gasteiger partial charge in [-0.2, -0.15) is 0 Å². The molecule has 10 heteroatoms. The second-order valence-corrected chi connectivity index (χ2v) is 7.34. The second-order valence-electron chi connectivity index (χ2n) is 6.90. The lowest BCUT2D eigenvalue weighted by Gasteiger charge is -2.18. The predicted molar refractivity (Wildman–Crippen MR) is 119 cm³/mol. The van der Waals surface area contributed by atoms with Crippen molar-refractivity contribution in [3.05, 3.63) is 58.5 Å². The van der Waals surface area contributed by atoms with E-state index in [1.807, 2.05) is 6.92 Å². The average molecular weight is 479 g/mol. The van der Waals surface area contributed by atoms with Gasteiger partial charge in [0.1, 0.15) is 0 Å². The Balaban J connectivity index is 1.87. The number of ether oxygens (including phenoxy) is 4. The van der Waals surface area contributed by atoms with Crippen LogP contribution < -0.4 is 4.74 Å². The summed E-state index contributed by atoms with van der Waals surface area (Å²) in [6.45, 7) is 3.35. The van der Waals surface area contributed by atoms with Crippen molar-refractivity contribution >= 4 is 28.6 Å². The first-order chi connectivity index (χ1) is 15.9. The molecule has 0 aliphatic rings. The number of hydrogen-bond donors (Lipinski definition) is 1. The van der Waals surface area contributed by atoms with Crippen LogP contribution in [0.5, 0.6) is 11.6 Å². The Hall–Kier alpha value is -2.85. The first-order valence-corrected chi connectivity index (χ1v) is 10.6. The van der Waals surface area contributed by atoms with E-state index in [4.69, 9.17) is 30.5 Å². The van der Waals surface area contributed by atoms with Gasteiger partial charge in [0.2, 0.25) is 5.88 Å². The Kier molecular flexibility index (Phi) is 8.90. The smallest absolute Gasteiger partial charge is 0.337 e. The molecule has 0 aliphatic carbocycles. The molecule has 0 radical (unpaired) electrons. The van der Waals surface area contributed by atoms with Gasteiger partial charge >= 0.3 is 5.97 Å². The first-order valence-electron chi connectivity index (χ1n) is 10.3. The van der Waals surface area contributed by atoms with Gasteiger partial charge in [-0.1, -0.05) is 17.7 Å². The molecule has 1 heterocycles. The highest BCUT2D eigenvalue weighted by Gasteiger charge is 2.26. The van der Waals surface area contributed by atoms with Crippen molar-refractivity contribution in [2.24, 2.45) is 0 Å². The Morgan fingerprint density at radius 2 is 1.94 bits per heavy atom. The van der Waals surface area contributed by atoms with Crippen LogP contribution in [0.3, 0.4) is 0 Å². The van der Waals surface area contributed by atoms with Crippen LogP contribution >= 0.6 is 11.6 Å². The van der Waals surface area contributed by atoms with E-state index in [0.29, 0.717) is 35.9 Å². The molecule has 0 saturated heterocycles. The third kappa shape index (κ3) is 6.35. The third-order valence-electron chi connectivity index (χ3n) is 4.76. The minimum absolute atomic E-state index is 0.0805. The molecule has 0 saturated carbocycles. The van der Waals surface area contributed by atoms with Crippen molar-refractivity contribution in [3.63, 3.8) is 0 Å². The topological polar surface area (TPSA) is 100 Å². The molecule has 0 aliphatic heterocycles. The molecule has 2 aromatic carbocycles. The van der Waals surface area contributed by atoms with E-state index in [9.17, 15) is 9.90 Å². The van der Waals surface area contributed by atoms with Crippen molar-refractivity contribution in [1.29, 1.82) is 0 Å². The number of fused-ring (bicyclic) bond motifs is 1. The highest BCUT2D eigenvalue weighted by atomic mass is 35.5. The number of carboxylic acids is 1. The fourth-order valence-electron chi connectivity index (χ4n) is 3.22. The molecule has 1 N–H and O–H groups in total. The lowest BCUT2D eigenvalue weighted by molar-refractivity contribution is -0.148. The largest absolute Gasteiger partial charge is 0.479 e. The van der Waals surface area contributed by atoms with Crippen molar-refractivity contribution in [3.8, 4) is 11.6 Å². The number of nitrogens with zero attached hydrogens (tertiary/aromatic N) is 2. The molecule has 1 unspecified atom stereocenters. The zero-order valence-corrected chi connectivity index (χ0v) is 19.0. The molecular formula is C23H24ClFN2O6. The van der Waals surface area contributed by atoms with E-state index in [1.54, 1.807) is 18.2 Å². The van der Waals surface area contributed by atoms with Crippen LogP contribution in [0.4, 0.5) is 4.39 Å². The molecule has 3 aromatic rings. The van der Waals surface area contributed by atoms with Gasteiger partial charge < -0.3 is 24.1 Å². The summed E-state index contributed by atoms with van der Waals surface area (Å²) in [5.41, 5.74) is 1.41. The molecule has 33 heavy (non-hydrogen) atoms. The van der Waals surface area contributed by atoms with Crippen LogP contribution in [0, 0.1) is 5.82 Å². The minimum Gasteiger partial charge on any atom is -0.479 e. The number of carbonyl (C=O) groups is 1. The van der Waals surface area contributed by atoms with Crippen LogP contribution in [0.15, 0.2) is 36.5 Å². The molecular weight excluding hydrogens is 455 g/mol. The van der Waals surface area contributed by atoms with Crippen LogP contribution in [0.25, 0.3) is 11.0 Å². The van der Waals surface area contributed by atoms with Crippen LogP contribution in [-0.2, 0) is 25.4 Å². The van der Waals surface area contributed by atoms with E-state index in [1.165, 1.54) is 25.4 Å². The van der Waals surface area contributed by atoms with Gasteiger partial charge in [0.05, 0.1) is 37.1 Å². The molecule has 0 spiro atoms. The summed E-state index contributed by atoms with van der Waals surface area (Å²) in [7, 11) is 1.25. The average Bonchev–Trinajstić information content (AvgIpc) is 2.79. The van der Waals surface area contributed by atoms with Gasteiger partial charge in [-0.25, -0.2) is 19.2 Å². The number of halogens is 2. The molecule has 0 bridgehead atoms. The van der Waals surface area contributed by atoms with E-state index in [0.717, 1.165) is 0 Å². The van der Waals surface area contributed by atoms with Crippen LogP contribution in [0.2, 0.25) is 5.02 Å². The van der Waals surface area contributed by atoms with Crippen molar-refractivity contribution < 1.29 is 33.2 Å². The fourth-order valence-corrected chi connectivity index (χ4v) is 3.39. The Bertz CT molecular complexity index is 1110. The molecule has 8 nitrogen and oxygen atoms in total. The van der Waals surface area contributed by atoms with Crippen LogP contribution in [-0.4, -0.2) is 54.6 Å². The maximum Gasteiger partial charge on any atom is 0.337 e. The summed E-state index contributed by atoms with van der Waals surface area (Å²) in [5, 5.41) is 10.0. The normalized spacial score (nSPS) is 12.1. The predicted octanol–water partition coefficient (Wildman–Crippen LogP) is 4.58. The summed E-state index contributed by atoms with van der Waals surface area (Å²) >= 11 is 5.96. The molecule has 0 fully saturated rings. The summed E-state index contributed by atoms with van der Waals surface area (Å²) in [6, 6.07) is 7.80. The molecule has 3 rings (SSSR count). The zero-order valence-electron chi connectivity index (χ0n) is 18.2. The molecule has 1 atom stereocenters. The summed E-state index contributed by atoms with van der Waals surface area (Å²) < 4.78 is 36.9. The lowest BCUT2D eigenvalue weighted by atomic mass is 9.98. The maximum atomic E-state index is 15.5. The third-order valence-corrected chi connectivity index (χ3v) is 4.99. The molecule has 176 valence electrons. The Morgan fingerprint density at radius 1 is 1.15 bits per heavy atom. The number of rotatable bonds is 12. The molecule has 1 aromatic heterocycles. The number of benzene rings is 2. The number of aliphatic carboxylic acids is 1. The summed E-state index contributed by atoms with van der Waals surface area (Å²) in [5.74, 6) is -1.99. The number of hydrogen-bond acceptors (Lipinski definition) is 7. The van der Waals surface area contributed by atoms with Gasteiger partial charge in [-0.05, 0) is 43.2 Å². The quantitative estimate of drug-likeness (QED) is 0.377. The highest BCUT2D eigenvalue weighted by molar-refractivity contribution is 6.31. The summed E-state index contributed by atoms with van der Waals surface area (Å²) in [6.07, 6.45) is 0.134. The highest BCUT2D eigenvalue weighted by Crippen LogP contribution is 2.32. The minimum atomic E-state index is -1.34. The number of aromatic nitrogens is 2. The second kappa shape index (κ2) is 11.9. The standard InChI is InChI=1S/C23H24ClFN2O6/c1-3-31-10-11-32-9-8-15-16(22(30-2)23(28)29)5-7-19(21(15)25)33-20-13-26-18-12-14(24)4-6-17(18)27-20/h4-7,12-13,22H,3,8-11H2,1-2H3,(H,28,29). The number of methoxy groups -OCH3 is 1.